The van der Waals surface area contributed by atoms with Gasteiger partial charge in [-0.15, -0.1) is 0 Å². The number of hydrogen-bond acceptors (Lipinski definition) is 6. The third kappa shape index (κ3) is 3.52. The van der Waals surface area contributed by atoms with Crippen molar-refractivity contribution in [2.45, 2.75) is 6.42 Å². The second-order valence-electron chi connectivity index (χ2n) is 5.01. The van der Waals surface area contributed by atoms with E-state index in [-0.39, 0.29) is 17.3 Å². The smallest absolute Gasteiger partial charge is 0.224 e. The maximum absolute atomic E-state index is 12.1. The first kappa shape index (κ1) is 15.5. The summed E-state index contributed by atoms with van der Waals surface area (Å²) in [4.78, 5) is 15.8. The fourth-order valence-corrected chi connectivity index (χ4v) is 2.14. The number of benzene rings is 1. The molecule has 7 heteroatoms. The van der Waals surface area contributed by atoms with E-state index in [1.165, 1.54) is 6.33 Å². The number of aromatic amines is 1. The van der Waals surface area contributed by atoms with Gasteiger partial charge < -0.3 is 14.3 Å². The number of aliphatic hydroxyl groups excluding tert-OH is 1. The van der Waals surface area contributed by atoms with Gasteiger partial charge in [-0.3, -0.25) is 9.89 Å². The van der Waals surface area contributed by atoms with E-state index in [0.717, 1.165) is 17.4 Å². The number of H-pyrrole nitrogens is 1. The van der Waals surface area contributed by atoms with Gasteiger partial charge in [0.15, 0.2) is 11.5 Å². The van der Waals surface area contributed by atoms with Crippen LogP contribution in [0.4, 0.5) is 0 Å². The number of aliphatic hydroxyl groups is 1. The van der Waals surface area contributed by atoms with E-state index in [2.05, 4.69) is 15.2 Å². The average Bonchev–Trinajstić information content (AvgIpc) is 3.27. The maximum Gasteiger partial charge on any atom is 0.224 e. The van der Waals surface area contributed by atoms with Crippen molar-refractivity contribution in [1.82, 2.24) is 15.2 Å². The van der Waals surface area contributed by atoms with Gasteiger partial charge in [-0.1, -0.05) is 12.1 Å². The van der Waals surface area contributed by atoms with Crippen LogP contribution in [0.25, 0.3) is 5.76 Å². The highest BCUT2D eigenvalue weighted by Crippen LogP contribution is 2.18. The van der Waals surface area contributed by atoms with Gasteiger partial charge in [0.25, 0.3) is 0 Å². The monoisotopic (exact) mass is 325 g/mol. The molecule has 0 radical (unpaired) electrons. The quantitative estimate of drug-likeness (QED) is 0.410. The van der Waals surface area contributed by atoms with Crippen molar-refractivity contribution in [1.29, 1.82) is 0 Å². The van der Waals surface area contributed by atoms with Crippen molar-refractivity contribution >= 4 is 11.5 Å². The molecule has 0 atom stereocenters. The highest BCUT2D eigenvalue weighted by atomic mass is 16.5. The van der Waals surface area contributed by atoms with Gasteiger partial charge in [-0.2, -0.15) is 5.10 Å². The summed E-state index contributed by atoms with van der Waals surface area (Å²) >= 11 is 0. The van der Waals surface area contributed by atoms with E-state index < -0.39 is 5.78 Å². The Balaban J connectivity index is 1.70. The molecule has 2 N–H and O–H groups in total. The lowest BCUT2D eigenvalue weighted by Gasteiger charge is -2.01. The first-order valence-corrected chi connectivity index (χ1v) is 7.18. The summed E-state index contributed by atoms with van der Waals surface area (Å²) in [6, 6.07) is 10.9. The topological polar surface area (TPSA) is 101 Å². The van der Waals surface area contributed by atoms with Crippen LogP contribution in [-0.2, 0) is 6.42 Å². The van der Waals surface area contributed by atoms with Crippen LogP contribution in [0.15, 0.2) is 53.2 Å². The number of methoxy groups -OCH3 is 1. The summed E-state index contributed by atoms with van der Waals surface area (Å²) in [7, 11) is 1.61. The first-order chi connectivity index (χ1) is 11.7. The molecule has 2 heterocycles. The molecular formula is C17H15N3O4. The summed E-state index contributed by atoms with van der Waals surface area (Å²) in [6.07, 6.45) is 2.89. The predicted molar refractivity (Wildman–Crippen MR) is 85.8 cm³/mol. The molecular weight excluding hydrogens is 310 g/mol. The number of carbonyl (C=O) groups excluding carboxylic acids is 1. The van der Waals surface area contributed by atoms with Gasteiger partial charge in [0.2, 0.25) is 11.6 Å². The van der Waals surface area contributed by atoms with Gasteiger partial charge >= 0.3 is 0 Å². The van der Waals surface area contributed by atoms with E-state index in [1.54, 1.807) is 19.2 Å². The predicted octanol–water partition coefficient (Wildman–Crippen LogP) is 2.78. The van der Waals surface area contributed by atoms with Gasteiger partial charge in [0.05, 0.1) is 7.11 Å². The summed E-state index contributed by atoms with van der Waals surface area (Å²) in [5.41, 5.74) is 1.03. The Bertz CT molecular complexity index is 848. The van der Waals surface area contributed by atoms with Crippen molar-refractivity contribution < 1.29 is 19.1 Å². The van der Waals surface area contributed by atoms with Crippen molar-refractivity contribution in [3.05, 3.63) is 71.7 Å². The van der Waals surface area contributed by atoms with Crippen molar-refractivity contribution in [2.75, 3.05) is 7.11 Å². The molecule has 0 aliphatic carbocycles. The van der Waals surface area contributed by atoms with E-state index in [0.29, 0.717) is 12.2 Å². The maximum atomic E-state index is 12.1. The Labute approximate surface area is 137 Å². The number of aromatic nitrogens is 3. The molecule has 0 bridgehead atoms. The van der Waals surface area contributed by atoms with Gasteiger partial charge in [0, 0.05) is 12.5 Å². The number of ketones is 1. The molecule has 0 amide bonds. The summed E-state index contributed by atoms with van der Waals surface area (Å²) in [5.74, 6) is 0.831. The first-order valence-electron chi connectivity index (χ1n) is 7.18. The second-order valence-corrected chi connectivity index (χ2v) is 5.01. The van der Waals surface area contributed by atoms with Crippen molar-refractivity contribution in [3.63, 3.8) is 0 Å². The normalized spacial score (nSPS) is 11.5. The van der Waals surface area contributed by atoms with E-state index in [9.17, 15) is 9.90 Å². The summed E-state index contributed by atoms with van der Waals surface area (Å²) in [6.45, 7) is 0. The van der Waals surface area contributed by atoms with Crippen molar-refractivity contribution in [3.8, 4) is 5.75 Å². The molecule has 7 nitrogen and oxygen atoms in total. The van der Waals surface area contributed by atoms with Crippen LogP contribution in [0, 0.1) is 0 Å². The molecule has 0 spiro atoms. The van der Waals surface area contributed by atoms with Gasteiger partial charge in [0.1, 0.15) is 17.8 Å². The zero-order valence-corrected chi connectivity index (χ0v) is 12.9. The molecule has 3 rings (SSSR count). The Morgan fingerprint density at radius 1 is 1.29 bits per heavy atom. The number of nitrogens with zero attached hydrogens (tertiary/aromatic N) is 2. The van der Waals surface area contributed by atoms with Crippen LogP contribution < -0.4 is 4.74 Å². The second kappa shape index (κ2) is 6.82. The molecule has 1 aromatic carbocycles. The minimum atomic E-state index is -0.460. The zero-order valence-electron chi connectivity index (χ0n) is 12.9. The third-order valence-corrected chi connectivity index (χ3v) is 3.35. The fraction of sp³-hybridized carbons (Fsp3) is 0.118. The lowest BCUT2D eigenvalue weighted by molar-refractivity contribution is 0.101. The minimum Gasteiger partial charge on any atom is -0.504 e. The van der Waals surface area contributed by atoms with E-state index >= 15 is 0 Å². The number of furan rings is 1. The van der Waals surface area contributed by atoms with Crippen LogP contribution in [0.3, 0.4) is 0 Å². The molecule has 2 aromatic heterocycles. The number of allylic oxidation sites excluding steroid dienone is 1. The van der Waals surface area contributed by atoms with E-state index in [1.807, 2.05) is 24.3 Å². The van der Waals surface area contributed by atoms with Gasteiger partial charge in [-0.05, 0) is 29.8 Å². The molecule has 0 saturated carbocycles. The number of carbonyl (C=O) groups is 1. The Kier molecular flexibility index (Phi) is 4.42. The third-order valence-electron chi connectivity index (χ3n) is 3.35. The summed E-state index contributed by atoms with van der Waals surface area (Å²) < 4.78 is 10.7. The van der Waals surface area contributed by atoms with Gasteiger partial charge in [-0.25, -0.2) is 4.98 Å². The Morgan fingerprint density at radius 2 is 2.08 bits per heavy atom. The Hall–Kier alpha value is -3.35. The molecule has 0 aliphatic heterocycles. The van der Waals surface area contributed by atoms with Crippen LogP contribution in [-0.4, -0.2) is 33.2 Å². The van der Waals surface area contributed by atoms with E-state index in [4.69, 9.17) is 9.15 Å². The van der Waals surface area contributed by atoms with Crippen molar-refractivity contribution in [2.24, 2.45) is 0 Å². The highest BCUT2D eigenvalue weighted by molar-refractivity contribution is 6.05. The molecule has 122 valence electrons. The number of nitrogens with one attached hydrogen (secondary N) is 1. The van der Waals surface area contributed by atoms with Crippen LogP contribution in [0.1, 0.15) is 27.7 Å². The fourth-order valence-electron chi connectivity index (χ4n) is 2.14. The lowest BCUT2D eigenvalue weighted by Crippen LogP contribution is -1.96. The summed E-state index contributed by atoms with van der Waals surface area (Å²) in [5, 5.41) is 15.9. The molecule has 0 unspecified atom stereocenters. The molecule has 24 heavy (non-hydrogen) atoms. The zero-order chi connectivity index (χ0) is 16.9. The molecule has 0 aliphatic rings. The minimum absolute atomic E-state index is 0.0494. The number of rotatable bonds is 6. The average molecular weight is 325 g/mol. The van der Waals surface area contributed by atoms with Crippen LogP contribution in [0.5, 0.6) is 5.75 Å². The largest absolute Gasteiger partial charge is 0.504 e. The lowest BCUT2D eigenvalue weighted by atomic mass is 10.1. The van der Waals surface area contributed by atoms with Crippen LogP contribution in [0.2, 0.25) is 0 Å². The highest BCUT2D eigenvalue weighted by Gasteiger charge is 2.13. The Morgan fingerprint density at radius 3 is 2.75 bits per heavy atom. The van der Waals surface area contributed by atoms with Crippen LogP contribution >= 0.6 is 0 Å². The molecule has 0 fully saturated rings. The molecule has 3 aromatic rings. The number of ether oxygens (including phenoxy) is 1. The number of hydrogen-bond donors (Lipinski definition) is 2. The molecule has 0 saturated heterocycles. The standard InChI is InChI=1S/C17H15N3O4/c1-23-12-4-2-11(3-5-12)8-13-6-7-16(24-13)14(21)9-15(22)17-18-10-19-20-17/h2-7,9-10,22H,8H2,1H3,(H,18,19,20). The SMILES string of the molecule is COc1ccc(Cc2ccc(C(=O)C=C(O)c3nc[nH]n3)o2)cc1.